The maximum Gasteiger partial charge on any atom is 0.0979 e. The van der Waals surface area contributed by atoms with Gasteiger partial charge in [-0.2, -0.15) is 0 Å². The Labute approximate surface area is 353 Å². The van der Waals surface area contributed by atoms with Crippen LogP contribution in [0.2, 0.25) is 0 Å². The third-order valence-corrected chi connectivity index (χ3v) is 12.3. The molecule has 0 spiro atoms. The second-order valence-electron chi connectivity index (χ2n) is 15.8. The van der Waals surface area contributed by atoms with E-state index in [-0.39, 0.29) is 0 Å². The molecule has 0 N–H and O–H groups in total. The Balaban J connectivity index is 0.792. The molecule has 0 aliphatic carbocycles. The Morgan fingerprint density at radius 2 is 0.721 bits per heavy atom. The van der Waals surface area contributed by atoms with Crippen molar-refractivity contribution in [2.45, 2.75) is 0 Å². The first-order chi connectivity index (χ1) is 30.2. The molecule has 0 fully saturated rings. The summed E-state index contributed by atoms with van der Waals surface area (Å²) in [5.74, 6) is 0. The zero-order valence-electron chi connectivity index (χ0n) is 33.2. The monoisotopic (exact) mass is 775 g/mol. The summed E-state index contributed by atoms with van der Waals surface area (Å²) in [6.45, 7) is 0. The summed E-state index contributed by atoms with van der Waals surface area (Å²) in [7, 11) is 0. The first-order valence-corrected chi connectivity index (χ1v) is 20.8. The van der Waals surface area contributed by atoms with Gasteiger partial charge in [-0.25, -0.2) is 4.98 Å². The van der Waals surface area contributed by atoms with Gasteiger partial charge in [0.25, 0.3) is 0 Å². The van der Waals surface area contributed by atoms with Gasteiger partial charge in [-0.05, 0) is 91.7 Å². The molecule has 61 heavy (non-hydrogen) atoms. The second kappa shape index (κ2) is 14.3. The Morgan fingerprint density at radius 1 is 0.279 bits per heavy atom. The zero-order valence-corrected chi connectivity index (χ0v) is 33.2. The lowest BCUT2D eigenvalue weighted by atomic mass is 9.95. The molecule has 0 atom stereocenters. The fourth-order valence-corrected chi connectivity index (χ4v) is 9.19. The molecule has 284 valence electrons. The third-order valence-electron chi connectivity index (χ3n) is 12.3. The summed E-state index contributed by atoms with van der Waals surface area (Å²) >= 11 is 0. The van der Waals surface area contributed by atoms with Gasteiger partial charge in [0.15, 0.2) is 0 Å². The Hall–Kier alpha value is -8.14. The number of benzene rings is 10. The van der Waals surface area contributed by atoms with Crippen LogP contribution in [-0.2, 0) is 0 Å². The largest absolute Gasteiger partial charge is 0.309 e. The normalized spacial score (nSPS) is 11.6. The molecule has 2 aromatic heterocycles. The van der Waals surface area contributed by atoms with E-state index in [1.807, 2.05) is 6.20 Å². The van der Waals surface area contributed by atoms with Gasteiger partial charge in [0, 0.05) is 32.8 Å². The molecule has 0 aliphatic rings. The highest BCUT2D eigenvalue weighted by molar-refractivity contribution is 6.23. The molecular weight excluding hydrogens is 739 g/mol. The molecular formula is C58H37N3. The zero-order chi connectivity index (χ0) is 40.3. The van der Waals surface area contributed by atoms with Gasteiger partial charge in [0.1, 0.15) is 0 Å². The number of rotatable bonds is 6. The second-order valence-corrected chi connectivity index (χ2v) is 15.8. The molecule has 0 radical (unpaired) electrons. The first kappa shape index (κ1) is 34.9. The van der Waals surface area contributed by atoms with Crippen molar-refractivity contribution in [3.05, 3.63) is 225 Å². The summed E-state index contributed by atoms with van der Waals surface area (Å²) in [5, 5.41) is 7.18. The minimum atomic E-state index is 0.870. The predicted octanol–water partition coefficient (Wildman–Crippen LogP) is 15.4. The standard InChI is InChI=1S/C58H37N3/c1-2-13-47(14-3-1)61-55-20-9-8-17-50(55)53-36-46(33-34-56(53)61)42-27-25-41(26-28-42)45-12-10-11-44(35-45)40-23-21-38(22-24-40)39-29-31-43(32-30-39)54-37-59-57-51-18-6-4-15-48(51)49-16-5-7-19-52(49)58(57)60-54/h1-37H. The van der Waals surface area contributed by atoms with Gasteiger partial charge in [0.2, 0.25) is 0 Å². The average Bonchev–Trinajstić information content (AvgIpc) is 3.68. The van der Waals surface area contributed by atoms with E-state index in [1.54, 1.807) is 0 Å². The van der Waals surface area contributed by atoms with Gasteiger partial charge in [-0.3, -0.25) is 4.98 Å². The predicted molar refractivity (Wildman–Crippen MR) is 256 cm³/mol. The van der Waals surface area contributed by atoms with Crippen LogP contribution in [0.15, 0.2) is 225 Å². The van der Waals surface area contributed by atoms with Crippen LogP contribution >= 0.6 is 0 Å². The first-order valence-electron chi connectivity index (χ1n) is 20.8. The summed E-state index contributed by atoms with van der Waals surface area (Å²) in [4.78, 5) is 10.1. The van der Waals surface area contributed by atoms with Crippen LogP contribution in [0.3, 0.4) is 0 Å². The number of hydrogen-bond donors (Lipinski definition) is 0. The van der Waals surface area contributed by atoms with E-state index in [9.17, 15) is 0 Å². The van der Waals surface area contributed by atoms with E-state index in [2.05, 4.69) is 223 Å². The van der Waals surface area contributed by atoms with Crippen molar-refractivity contribution < 1.29 is 0 Å². The molecule has 0 saturated carbocycles. The highest BCUT2D eigenvalue weighted by Gasteiger charge is 2.15. The fraction of sp³-hybridized carbons (Fsp3) is 0. The van der Waals surface area contributed by atoms with Crippen LogP contribution in [-0.4, -0.2) is 14.5 Å². The van der Waals surface area contributed by atoms with Crippen LogP contribution in [0.5, 0.6) is 0 Å². The smallest absolute Gasteiger partial charge is 0.0979 e. The summed E-state index contributed by atoms with van der Waals surface area (Å²) in [5.41, 5.74) is 16.9. The minimum absolute atomic E-state index is 0.870. The molecule has 0 unspecified atom stereocenters. The van der Waals surface area contributed by atoms with E-state index >= 15 is 0 Å². The lowest BCUT2D eigenvalue weighted by Gasteiger charge is -2.11. The molecule has 0 amide bonds. The number of nitrogens with zero attached hydrogens (tertiary/aromatic N) is 3. The van der Waals surface area contributed by atoms with Gasteiger partial charge in [-0.15, -0.1) is 0 Å². The van der Waals surface area contributed by atoms with Gasteiger partial charge >= 0.3 is 0 Å². The Bertz CT molecular complexity index is 3570. The van der Waals surface area contributed by atoms with Gasteiger partial charge in [0.05, 0.1) is 34.0 Å². The molecule has 3 heteroatoms. The lowest BCUT2D eigenvalue weighted by molar-refractivity contribution is 1.18. The van der Waals surface area contributed by atoms with E-state index < -0.39 is 0 Å². The Kier molecular flexibility index (Phi) is 8.17. The van der Waals surface area contributed by atoms with Crippen LogP contribution in [0, 0.1) is 0 Å². The van der Waals surface area contributed by atoms with Crippen molar-refractivity contribution >= 4 is 54.4 Å². The molecule has 0 bridgehead atoms. The van der Waals surface area contributed by atoms with Crippen molar-refractivity contribution in [1.29, 1.82) is 0 Å². The van der Waals surface area contributed by atoms with Gasteiger partial charge in [-0.1, -0.05) is 182 Å². The fourth-order valence-electron chi connectivity index (χ4n) is 9.19. The molecule has 10 aromatic carbocycles. The van der Waals surface area contributed by atoms with Crippen molar-refractivity contribution in [2.24, 2.45) is 0 Å². The van der Waals surface area contributed by atoms with Gasteiger partial charge < -0.3 is 4.57 Å². The van der Waals surface area contributed by atoms with E-state index in [0.29, 0.717) is 0 Å². The van der Waals surface area contributed by atoms with Crippen molar-refractivity contribution in [1.82, 2.24) is 14.5 Å². The average molecular weight is 776 g/mol. The Morgan fingerprint density at radius 3 is 1.33 bits per heavy atom. The minimum Gasteiger partial charge on any atom is -0.309 e. The molecule has 0 saturated heterocycles. The number of fused-ring (bicyclic) bond motifs is 9. The summed E-state index contributed by atoms with van der Waals surface area (Å²) in [6, 6.07) is 78.5. The number of para-hydroxylation sites is 2. The van der Waals surface area contributed by atoms with Crippen LogP contribution in [0.1, 0.15) is 0 Å². The topological polar surface area (TPSA) is 30.7 Å². The molecule has 12 aromatic rings. The van der Waals surface area contributed by atoms with E-state index in [0.717, 1.165) is 38.6 Å². The molecule has 12 rings (SSSR count). The van der Waals surface area contributed by atoms with Crippen LogP contribution in [0.25, 0.3) is 116 Å². The lowest BCUT2D eigenvalue weighted by Crippen LogP contribution is -1.92. The maximum atomic E-state index is 5.18. The van der Waals surface area contributed by atoms with Crippen LogP contribution < -0.4 is 0 Å². The highest BCUT2D eigenvalue weighted by atomic mass is 15.0. The number of hydrogen-bond acceptors (Lipinski definition) is 2. The summed E-state index contributed by atoms with van der Waals surface area (Å²) < 4.78 is 2.36. The maximum absolute atomic E-state index is 5.18. The molecule has 3 nitrogen and oxygen atoms in total. The van der Waals surface area contributed by atoms with Crippen LogP contribution in [0.4, 0.5) is 0 Å². The van der Waals surface area contributed by atoms with Crippen molar-refractivity contribution in [3.63, 3.8) is 0 Å². The van der Waals surface area contributed by atoms with E-state index in [4.69, 9.17) is 9.97 Å². The van der Waals surface area contributed by atoms with Crippen molar-refractivity contribution in [3.8, 4) is 61.5 Å². The van der Waals surface area contributed by atoms with Crippen molar-refractivity contribution in [2.75, 3.05) is 0 Å². The number of aromatic nitrogens is 3. The highest BCUT2D eigenvalue weighted by Crippen LogP contribution is 2.37. The van der Waals surface area contributed by atoms with E-state index in [1.165, 1.54) is 77.2 Å². The molecule has 0 aliphatic heterocycles. The summed E-state index contributed by atoms with van der Waals surface area (Å²) in [6.07, 6.45) is 1.91. The third kappa shape index (κ3) is 5.98. The SMILES string of the molecule is c1ccc(-n2c3ccccc3c3cc(-c4ccc(-c5cccc(-c6ccc(-c7ccc(-c8cnc9c%10ccccc%10c%10ccccc%10c9n8)cc7)cc6)c5)cc4)ccc32)cc1. The molecule has 2 heterocycles. The quantitative estimate of drug-likeness (QED) is 0.158.